The van der Waals surface area contributed by atoms with E-state index < -0.39 is 0 Å². The number of aldehydes is 1. The number of rotatable bonds is 3. The third kappa shape index (κ3) is 2.70. The van der Waals surface area contributed by atoms with E-state index in [-0.39, 0.29) is 6.03 Å². The summed E-state index contributed by atoms with van der Waals surface area (Å²) in [4.78, 5) is 21.7. The van der Waals surface area contributed by atoms with Crippen LogP contribution >= 0.6 is 0 Å². The maximum absolute atomic E-state index is 11.0. The summed E-state index contributed by atoms with van der Waals surface area (Å²) >= 11 is 0. The molecule has 80 valence electrons. The van der Waals surface area contributed by atoms with Crippen LogP contribution in [0, 0.1) is 0 Å². The van der Waals surface area contributed by atoms with E-state index in [9.17, 15) is 9.59 Å². The third-order valence-electron chi connectivity index (χ3n) is 1.84. The molecule has 0 radical (unpaired) electrons. The highest BCUT2D eigenvalue weighted by molar-refractivity contribution is 5.91. The average molecular weight is 208 g/mol. The summed E-state index contributed by atoms with van der Waals surface area (Å²) in [6.07, 6.45) is 0.674. The van der Waals surface area contributed by atoms with Gasteiger partial charge in [0.15, 0.2) is 6.29 Å². The van der Waals surface area contributed by atoms with Crippen LogP contribution in [0.3, 0.4) is 0 Å². The van der Waals surface area contributed by atoms with E-state index in [2.05, 4.69) is 10.6 Å². The summed E-state index contributed by atoms with van der Waals surface area (Å²) in [6, 6.07) is 4.48. The standard InChI is InChI=1S/C10H12N2O3/c1-11-10(14)12-8-3-4-9(15-2)7(5-8)6-13/h3-6H,1-2H3,(H2,11,12,14). The van der Waals surface area contributed by atoms with Gasteiger partial charge in [-0.2, -0.15) is 0 Å². The molecule has 1 aromatic carbocycles. The van der Waals surface area contributed by atoms with Crippen molar-refractivity contribution >= 4 is 18.0 Å². The maximum Gasteiger partial charge on any atom is 0.318 e. The van der Waals surface area contributed by atoms with E-state index in [1.807, 2.05) is 0 Å². The number of anilines is 1. The van der Waals surface area contributed by atoms with Crippen LogP contribution in [0.25, 0.3) is 0 Å². The number of carbonyl (C=O) groups excluding carboxylic acids is 2. The molecular formula is C10H12N2O3. The van der Waals surface area contributed by atoms with Crippen molar-refractivity contribution in [2.24, 2.45) is 0 Å². The quantitative estimate of drug-likeness (QED) is 0.735. The van der Waals surface area contributed by atoms with Crippen molar-refractivity contribution in [1.29, 1.82) is 0 Å². The number of nitrogens with one attached hydrogen (secondary N) is 2. The summed E-state index contributed by atoms with van der Waals surface area (Å²) in [5.74, 6) is 0.479. The summed E-state index contributed by atoms with van der Waals surface area (Å²) in [6.45, 7) is 0. The van der Waals surface area contributed by atoms with Crippen LogP contribution in [0.15, 0.2) is 18.2 Å². The lowest BCUT2D eigenvalue weighted by molar-refractivity contribution is 0.112. The smallest absolute Gasteiger partial charge is 0.318 e. The minimum Gasteiger partial charge on any atom is -0.496 e. The molecule has 0 fully saturated rings. The molecule has 1 rings (SSSR count). The van der Waals surface area contributed by atoms with Gasteiger partial charge in [0.05, 0.1) is 12.7 Å². The molecule has 0 aliphatic carbocycles. The highest BCUT2D eigenvalue weighted by Gasteiger charge is 2.04. The number of hydrogen-bond donors (Lipinski definition) is 2. The molecule has 0 unspecified atom stereocenters. The van der Waals surface area contributed by atoms with Crippen LogP contribution in [0.5, 0.6) is 5.75 Å². The molecule has 0 aliphatic rings. The van der Waals surface area contributed by atoms with Crippen LogP contribution in [-0.4, -0.2) is 26.5 Å². The summed E-state index contributed by atoms with van der Waals surface area (Å²) in [7, 11) is 2.99. The van der Waals surface area contributed by atoms with Crippen molar-refractivity contribution in [2.45, 2.75) is 0 Å². The predicted octanol–water partition coefficient (Wildman–Crippen LogP) is 1.26. The lowest BCUT2D eigenvalue weighted by atomic mass is 10.2. The van der Waals surface area contributed by atoms with E-state index in [0.717, 1.165) is 0 Å². The zero-order valence-electron chi connectivity index (χ0n) is 8.53. The highest BCUT2D eigenvalue weighted by Crippen LogP contribution is 2.20. The molecule has 2 amide bonds. The fourth-order valence-corrected chi connectivity index (χ4v) is 1.10. The van der Waals surface area contributed by atoms with E-state index in [1.165, 1.54) is 14.2 Å². The Morgan fingerprint density at radius 1 is 1.47 bits per heavy atom. The minimum atomic E-state index is -0.336. The summed E-state index contributed by atoms with van der Waals surface area (Å²) < 4.78 is 4.96. The molecule has 0 aromatic heterocycles. The van der Waals surface area contributed by atoms with Crippen molar-refractivity contribution < 1.29 is 14.3 Å². The van der Waals surface area contributed by atoms with Gasteiger partial charge in [-0.1, -0.05) is 0 Å². The topological polar surface area (TPSA) is 67.4 Å². The third-order valence-corrected chi connectivity index (χ3v) is 1.84. The number of carbonyl (C=O) groups is 2. The molecule has 2 N–H and O–H groups in total. The Labute approximate surface area is 87.4 Å². The van der Waals surface area contributed by atoms with Crippen LogP contribution in [0.4, 0.5) is 10.5 Å². The van der Waals surface area contributed by atoms with Crippen LogP contribution < -0.4 is 15.4 Å². The van der Waals surface area contributed by atoms with Crippen LogP contribution in [0.1, 0.15) is 10.4 Å². The SMILES string of the molecule is CNC(=O)Nc1ccc(OC)c(C=O)c1. The molecular weight excluding hydrogens is 196 g/mol. The molecule has 0 bridgehead atoms. The Morgan fingerprint density at radius 3 is 2.73 bits per heavy atom. The number of amides is 2. The molecule has 0 spiro atoms. The largest absolute Gasteiger partial charge is 0.496 e. The van der Waals surface area contributed by atoms with E-state index in [0.29, 0.717) is 23.3 Å². The minimum absolute atomic E-state index is 0.336. The van der Waals surface area contributed by atoms with Crippen LogP contribution in [-0.2, 0) is 0 Å². The van der Waals surface area contributed by atoms with Gasteiger partial charge in [-0.3, -0.25) is 4.79 Å². The molecule has 15 heavy (non-hydrogen) atoms. The molecule has 1 aromatic rings. The van der Waals surface area contributed by atoms with Crippen LogP contribution in [0.2, 0.25) is 0 Å². The monoisotopic (exact) mass is 208 g/mol. The molecule has 0 aliphatic heterocycles. The summed E-state index contributed by atoms with van der Waals surface area (Å²) in [5, 5.41) is 4.96. The average Bonchev–Trinajstić information content (AvgIpc) is 2.28. The first-order valence-corrected chi connectivity index (χ1v) is 4.33. The summed E-state index contributed by atoms with van der Waals surface area (Å²) in [5.41, 5.74) is 0.934. The fraction of sp³-hybridized carbons (Fsp3) is 0.200. The van der Waals surface area contributed by atoms with Gasteiger partial charge in [-0.25, -0.2) is 4.79 Å². The predicted molar refractivity (Wildman–Crippen MR) is 56.5 cm³/mol. The second-order valence-electron chi connectivity index (χ2n) is 2.78. The number of hydrogen-bond acceptors (Lipinski definition) is 3. The number of benzene rings is 1. The van der Waals surface area contributed by atoms with Gasteiger partial charge < -0.3 is 15.4 Å². The normalized spacial score (nSPS) is 9.20. The molecule has 0 heterocycles. The van der Waals surface area contributed by atoms with Crippen molar-refractivity contribution in [3.63, 3.8) is 0 Å². The van der Waals surface area contributed by atoms with Gasteiger partial charge in [0.1, 0.15) is 5.75 Å². The fourth-order valence-electron chi connectivity index (χ4n) is 1.10. The Bertz CT molecular complexity index is 377. The number of urea groups is 1. The molecule has 5 nitrogen and oxygen atoms in total. The first-order valence-electron chi connectivity index (χ1n) is 4.33. The zero-order chi connectivity index (χ0) is 11.3. The Balaban J connectivity index is 2.92. The molecule has 0 atom stereocenters. The van der Waals surface area contributed by atoms with Crippen molar-refractivity contribution in [3.05, 3.63) is 23.8 Å². The second kappa shape index (κ2) is 4.99. The number of ether oxygens (including phenoxy) is 1. The Morgan fingerprint density at radius 2 is 2.20 bits per heavy atom. The number of methoxy groups -OCH3 is 1. The van der Waals surface area contributed by atoms with Crippen molar-refractivity contribution in [2.75, 3.05) is 19.5 Å². The zero-order valence-corrected chi connectivity index (χ0v) is 8.53. The van der Waals surface area contributed by atoms with Gasteiger partial charge in [-0.15, -0.1) is 0 Å². The maximum atomic E-state index is 11.0. The van der Waals surface area contributed by atoms with Crippen molar-refractivity contribution in [1.82, 2.24) is 5.32 Å². The van der Waals surface area contributed by atoms with E-state index >= 15 is 0 Å². The molecule has 0 saturated heterocycles. The first-order chi connectivity index (χ1) is 7.21. The molecule has 0 saturated carbocycles. The van der Waals surface area contributed by atoms with Gasteiger partial charge in [0.2, 0.25) is 0 Å². The van der Waals surface area contributed by atoms with Gasteiger partial charge in [0, 0.05) is 12.7 Å². The second-order valence-corrected chi connectivity index (χ2v) is 2.78. The lowest BCUT2D eigenvalue weighted by Crippen LogP contribution is -2.24. The molecule has 5 heteroatoms. The van der Waals surface area contributed by atoms with E-state index in [1.54, 1.807) is 18.2 Å². The Kier molecular flexibility index (Phi) is 3.68. The van der Waals surface area contributed by atoms with Gasteiger partial charge >= 0.3 is 6.03 Å². The first kappa shape index (κ1) is 11.0. The van der Waals surface area contributed by atoms with Gasteiger partial charge in [-0.05, 0) is 18.2 Å². The lowest BCUT2D eigenvalue weighted by Gasteiger charge is -2.07. The van der Waals surface area contributed by atoms with Gasteiger partial charge in [0.25, 0.3) is 0 Å². The highest BCUT2D eigenvalue weighted by atomic mass is 16.5. The van der Waals surface area contributed by atoms with E-state index in [4.69, 9.17) is 4.74 Å². The van der Waals surface area contributed by atoms with Crippen molar-refractivity contribution in [3.8, 4) is 5.75 Å². The Hall–Kier alpha value is -2.04.